The monoisotopic (exact) mass is 488 g/mol. The molecule has 0 aliphatic carbocycles. The molecular formula is C22H40N4O8. The Labute approximate surface area is 200 Å². The Kier molecular flexibility index (Phi) is 13.6. The SMILES string of the molecule is CC(C)CCCC1CN(CC(=O)O)CCN(CC(=O)O)CCN(CC(=O)O)CCN1CC(=O)O. The molecule has 0 saturated carbocycles. The maximum atomic E-state index is 11.6. The van der Waals surface area contributed by atoms with Crippen molar-refractivity contribution in [2.45, 2.75) is 39.2 Å². The van der Waals surface area contributed by atoms with Gasteiger partial charge in [0.2, 0.25) is 0 Å². The van der Waals surface area contributed by atoms with E-state index >= 15 is 0 Å². The molecule has 12 heteroatoms. The fourth-order valence-electron chi connectivity index (χ4n) is 4.20. The number of aliphatic carboxylic acids is 4. The van der Waals surface area contributed by atoms with Crippen LogP contribution in [0.4, 0.5) is 0 Å². The summed E-state index contributed by atoms with van der Waals surface area (Å²) in [5.74, 6) is -3.55. The molecule has 0 spiro atoms. The van der Waals surface area contributed by atoms with Gasteiger partial charge in [-0.25, -0.2) is 0 Å². The minimum Gasteiger partial charge on any atom is -0.480 e. The lowest BCUT2D eigenvalue weighted by Crippen LogP contribution is -2.52. The first kappa shape index (κ1) is 29.8. The molecule has 1 rings (SSSR count). The Hall–Kier alpha value is -2.28. The van der Waals surface area contributed by atoms with Crippen LogP contribution < -0.4 is 0 Å². The van der Waals surface area contributed by atoms with Crippen molar-refractivity contribution in [1.82, 2.24) is 19.6 Å². The van der Waals surface area contributed by atoms with Gasteiger partial charge in [0, 0.05) is 51.9 Å². The van der Waals surface area contributed by atoms with Crippen LogP contribution in [0.15, 0.2) is 0 Å². The zero-order chi connectivity index (χ0) is 25.7. The molecule has 0 aromatic heterocycles. The van der Waals surface area contributed by atoms with E-state index in [1.807, 2.05) is 4.90 Å². The van der Waals surface area contributed by atoms with E-state index in [1.165, 1.54) is 0 Å². The molecule has 1 heterocycles. The van der Waals surface area contributed by atoms with E-state index in [-0.39, 0.29) is 32.2 Å². The van der Waals surface area contributed by atoms with Crippen LogP contribution in [0.2, 0.25) is 0 Å². The zero-order valence-electron chi connectivity index (χ0n) is 20.3. The third-order valence-electron chi connectivity index (χ3n) is 5.89. The Morgan fingerprint density at radius 2 is 1.09 bits per heavy atom. The lowest BCUT2D eigenvalue weighted by Gasteiger charge is -2.37. The second-order valence-electron chi connectivity index (χ2n) is 9.31. The highest BCUT2D eigenvalue weighted by atomic mass is 16.4. The van der Waals surface area contributed by atoms with Crippen LogP contribution in [0.3, 0.4) is 0 Å². The normalized spacial score (nSPS) is 20.5. The van der Waals surface area contributed by atoms with Gasteiger partial charge in [0.1, 0.15) is 0 Å². The summed E-state index contributed by atoms with van der Waals surface area (Å²) in [6, 6.07) is -0.228. The molecule has 0 amide bonds. The fraction of sp³-hybridized carbons (Fsp3) is 0.818. The molecule has 1 fully saturated rings. The van der Waals surface area contributed by atoms with Crippen molar-refractivity contribution in [2.75, 3.05) is 72.0 Å². The first-order valence-corrected chi connectivity index (χ1v) is 11.7. The molecule has 0 radical (unpaired) electrons. The number of carbonyl (C=O) groups is 4. The summed E-state index contributed by atoms with van der Waals surface area (Å²) in [4.78, 5) is 52.7. The number of nitrogens with zero attached hydrogens (tertiary/aromatic N) is 4. The molecule has 1 aliphatic heterocycles. The molecular weight excluding hydrogens is 448 g/mol. The van der Waals surface area contributed by atoms with Crippen molar-refractivity contribution in [2.24, 2.45) is 5.92 Å². The van der Waals surface area contributed by atoms with Crippen molar-refractivity contribution in [3.63, 3.8) is 0 Å². The van der Waals surface area contributed by atoms with Gasteiger partial charge >= 0.3 is 23.9 Å². The van der Waals surface area contributed by atoms with Crippen LogP contribution in [0, 0.1) is 5.92 Å². The number of hydrogen-bond donors (Lipinski definition) is 4. The van der Waals surface area contributed by atoms with Gasteiger partial charge in [0.25, 0.3) is 0 Å². The van der Waals surface area contributed by atoms with Gasteiger partial charge in [-0.3, -0.25) is 38.8 Å². The maximum Gasteiger partial charge on any atom is 0.317 e. The summed E-state index contributed by atoms with van der Waals surface area (Å²) in [5.41, 5.74) is 0. The van der Waals surface area contributed by atoms with E-state index in [0.717, 1.165) is 12.8 Å². The molecule has 1 unspecified atom stereocenters. The van der Waals surface area contributed by atoms with Gasteiger partial charge in [-0.2, -0.15) is 0 Å². The molecule has 1 atom stereocenters. The molecule has 1 aliphatic rings. The molecule has 12 nitrogen and oxygen atoms in total. The van der Waals surface area contributed by atoms with Crippen molar-refractivity contribution < 1.29 is 39.6 Å². The van der Waals surface area contributed by atoms with Crippen molar-refractivity contribution >= 4 is 23.9 Å². The van der Waals surface area contributed by atoms with Crippen molar-refractivity contribution in [3.05, 3.63) is 0 Å². The van der Waals surface area contributed by atoms with E-state index in [1.54, 1.807) is 14.7 Å². The number of hydrogen-bond acceptors (Lipinski definition) is 8. The standard InChI is InChI=1S/C22H40N4O8/c1-17(2)4-3-5-18-12-25(15-21(31)32)9-8-23(13-19(27)28)6-7-24(14-20(29)30)10-11-26(18)16-22(33)34/h17-18H,3-16H2,1-2H3,(H,27,28)(H,29,30)(H,31,32)(H,33,34). The topological polar surface area (TPSA) is 162 Å². The molecule has 0 aromatic rings. The highest BCUT2D eigenvalue weighted by molar-refractivity contribution is 5.70. The average Bonchev–Trinajstić information content (AvgIpc) is 2.69. The minimum atomic E-state index is -1.01. The summed E-state index contributed by atoms with van der Waals surface area (Å²) in [6.07, 6.45) is 2.48. The largest absolute Gasteiger partial charge is 0.480 e. The molecule has 0 bridgehead atoms. The van der Waals surface area contributed by atoms with Crippen molar-refractivity contribution in [3.8, 4) is 0 Å². The van der Waals surface area contributed by atoms with Gasteiger partial charge < -0.3 is 20.4 Å². The zero-order valence-corrected chi connectivity index (χ0v) is 20.3. The second-order valence-corrected chi connectivity index (χ2v) is 9.31. The van der Waals surface area contributed by atoms with E-state index < -0.39 is 23.9 Å². The highest BCUT2D eigenvalue weighted by Crippen LogP contribution is 2.15. The minimum absolute atomic E-state index is 0.223. The first-order chi connectivity index (χ1) is 16.0. The van der Waals surface area contributed by atoms with Crippen LogP contribution in [0.5, 0.6) is 0 Å². The molecule has 196 valence electrons. The summed E-state index contributed by atoms with van der Waals surface area (Å²) < 4.78 is 0. The summed E-state index contributed by atoms with van der Waals surface area (Å²) in [5, 5.41) is 37.5. The average molecular weight is 489 g/mol. The van der Waals surface area contributed by atoms with E-state index in [4.69, 9.17) is 0 Å². The van der Waals surface area contributed by atoms with Crippen LogP contribution >= 0.6 is 0 Å². The van der Waals surface area contributed by atoms with Crippen LogP contribution in [-0.2, 0) is 19.2 Å². The van der Waals surface area contributed by atoms with Gasteiger partial charge in [0.05, 0.1) is 26.2 Å². The number of carboxylic acids is 4. The Balaban J connectivity index is 3.19. The van der Waals surface area contributed by atoms with E-state index in [0.29, 0.717) is 58.2 Å². The van der Waals surface area contributed by atoms with Crippen LogP contribution in [0.25, 0.3) is 0 Å². The third-order valence-corrected chi connectivity index (χ3v) is 5.89. The molecule has 34 heavy (non-hydrogen) atoms. The van der Waals surface area contributed by atoms with Gasteiger partial charge in [-0.05, 0) is 12.3 Å². The fourth-order valence-corrected chi connectivity index (χ4v) is 4.20. The van der Waals surface area contributed by atoms with Crippen molar-refractivity contribution in [1.29, 1.82) is 0 Å². The predicted octanol–water partition coefficient (Wildman–Crippen LogP) is -0.259. The molecule has 1 saturated heterocycles. The summed E-state index contributed by atoms with van der Waals surface area (Å²) >= 11 is 0. The summed E-state index contributed by atoms with van der Waals surface area (Å²) in [6.45, 7) is 5.46. The number of carboxylic acid groups (broad SMARTS) is 4. The quantitative estimate of drug-likeness (QED) is 0.285. The smallest absolute Gasteiger partial charge is 0.317 e. The Morgan fingerprint density at radius 3 is 1.53 bits per heavy atom. The van der Waals surface area contributed by atoms with Crippen LogP contribution in [0.1, 0.15) is 33.1 Å². The first-order valence-electron chi connectivity index (χ1n) is 11.7. The summed E-state index contributed by atoms with van der Waals surface area (Å²) in [7, 11) is 0. The van der Waals surface area contributed by atoms with Gasteiger partial charge in [-0.15, -0.1) is 0 Å². The lowest BCUT2D eigenvalue weighted by atomic mass is 10.0. The van der Waals surface area contributed by atoms with E-state index in [9.17, 15) is 39.6 Å². The van der Waals surface area contributed by atoms with E-state index in [2.05, 4.69) is 13.8 Å². The lowest BCUT2D eigenvalue weighted by molar-refractivity contribution is -0.142. The second kappa shape index (κ2) is 15.6. The Morgan fingerprint density at radius 1 is 0.676 bits per heavy atom. The van der Waals surface area contributed by atoms with Gasteiger partial charge in [-0.1, -0.05) is 26.7 Å². The van der Waals surface area contributed by atoms with Gasteiger partial charge in [0.15, 0.2) is 0 Å². The highest BCUT2D eigenvalue weighted by Gasteiger charge is 2.27. The Bertz CT molecular complexity index is 675. The molecule has 0 aromatic carbocycles. The number of rotatable bonds is 12. The third kappa shape index (κ3) is 13.4. The predicted molar refractivity (Wildman–Crippen MR) is 124 cm³/mol. The maximum absolute atomic E-state index is 11.6. The molecule has 4 N–H and O–H groups in total. The van der Waals surface area contributed by atoms with Crippen LogP contribution in [-0.4, -0.2) is 142 Å².